The van der Waals surface area contributed by atoms with Crippen molar-refractivity contribution in [1.82, 2.24) is 10.2 Å². The van der Waals surface area contributed by atoms with Crippen LogP contribution < -0.4 is 5.32 Å². The van der Waals surface area contributed by atoms with Crippen molar-refractivity contribution in [1.29, 1.82) is 0 Å². The molecule has 1 rings (SSSR count). The van der Waals surface area contributed by atoms with Gasteiger partial charge in [0.15, 0.2) is 0 Å². The molecule has 0 bridgehead atoms. The molecule has 1 fully saturated rings. The smallest absolute Gasteiger partial charge is 0.239 e. The highest BCUT2D eigenvalue weighted by Crippen LogP contribution is 2.23. The van der Waals surface area contributed by atoms with Crippen molar-refractivity contribution in [2.45, 2.75) is 52.0 Å². The Morgan fingerprint density at radius 2 is 1.94 bits per heavy atom. The molecule has 0 aromatic carbocycles. The van der Waals surface area contributed by atoms with Crippen LogP contribution in [-0.2, 0) is 9.59 Å². The third kappa shape index (κ3) is 3.83. The summed E-state index contributed by atoms with van der Waals surface area (Å²) >= 11 is 0. The van der Waals surface area contributed by atoms with Crippen LogP contribution in [-0.4, -0.2) is 35.8 Å². The van der Waals surface area contributed by atoms with Crippen molar-refractivity contribution < 1.29 is 9.59 Å². The number of nitrogens with one attached hydrogen (secondary N) is 1. The highest BCUT2D eigenvalue weighted by molar-refractivity contribution is 5.83. The van der Waals surface area contributed by atoms with Gasteiger partial charge >= 0.3 is 0 Å². The molecule has 92 valence electrons. The maximum absolute atomic E-state index is 11.6. The van der Waals surface area contributed by atoms with Gasteiger partial charge in [-0.25, -0.2) is 0 Å². The molecule has 0 unspecified atom stereocenters. The van der Waals surface area contributed by atoms with Crippen LogP contribution in [0.25, 0.3) is 0 Å². The Morgan fingerprint density at radius 3 is 2.44 bits per heavy atom. The van der Waals surface area contributed by atoms with Crippen molar-refractivity contribution >= 4 is 11.8 Å². The zero-order valence-corrected chi connectivity index (χ0v) is 10.3. The van der Waals surface area contributed by atoms with E-state index in [9.17, 15) is 9.59 Å². The first kappa shape index (κ1) is 13.0. The van der Waals surface area contributed by atoms with Crippen molar-refractivity contribution in [2.24, 2.45) is 0 Å². The van der Waals surface area contributed by atoms with E-state index in [-0.39, 0.29) is 24.4 Å². The van der Waals surface area contributed by atoms with Crippen LogP contribution in [0.15, 0.2) is 0 Å². The van der Waals surface area contributed by atoms with Crippen LogP contribution in [0.4, 0.5) is 0 Å². The van der Waals surface area contributed by atoms with Gasteiger partial charge in [-0.1, -0.05) is 19.8 Å². The second-order valence-corrected chi connectivity index (χ2v) is 4.44. The van der Waals surface area contributed by atoms with Crippen LogP contribution in [0.2, 0.25) is 0 Å². The Bertz CT molecular complexity index is 247. The van der Waals surface area contributed by atoms with Crippen LogP contribution in [0, 0.1) is 0 Å². The maximum atomic E-state index is 11.6. The monoisotopic (exact) mass is 226 g/mol. The third-order valence-corrected chi connectivity index (χ3v) is 3.06. The zero-order chi connectivity index (χ0) is 12.0. The summed E-state index contributed by atoms with van der Waals surface area (Å²) in [7, 11) is 0. The van der Waals surface area contributed by atoms with E-state index in [2.05, 4.69) is 5.32 Å². The Labute approximate surface area is 97.4 Å². The average molecular weight is 226 g/mol. The minimum atomic E-state index is -0.0380. The van der Waals surface area contributed by atoms with Crippen molar-refractivity contribution in [3.8, 4) is 0 Å². The molecule has 1 aliphatic rings. The predicted molar refractivity (Wildman–Crippen MR) is 62.9 cm³/mol. The Balaban J connectivity index is 2.44. The number of carbonyl (C=O) groups excluding carboxylic acids is 2. The minimum absolute atomic E-state index is 0.0125. The first-order chi connectivity index (χ1) is 7.65. The quantitative estimate of drug-likeness (QED) is 0.768. The summed E-state index contributed by atoms with van der Waals surface area (Å²) in [4.78, 5) is 24.8. The van der Waals surface area contributed by atoms with E-state index in [1.165, 1.54) is 12.8 Å². The molecule has 0 aromatic rings. The van der Waals surface area contributed by atoms with Gasteiger partial charge in [0.05, 0.1) is 6.54 Å². The van der Waals surface area contributed by atoms with Gasteiger partial charge in [-0.15, -0.1) is 0 Å². The van der Waals surface area contributed by atoms with E-state index in [0.717, 1.165) is 19.3 Å². The first-order valence-electron chi connectivity index (χ1n) is 6.19. The molecule has 4 nitrogen and oxygen atoms in total. The highest BCUT2D eigenvalue weighted by Gasteiger charge is 2.25. The van der Waals surface area contributed by atoms with Gasteiger partial charge < -0.3 is 10.2 Å². The fraction of sp³-hybridized carbons (Fsp3) is 0.833. The molecule has 0 aromatic heterocycles. The van der Waals surface area contributed by atoms with E-state index in [4.69, 9.17) is 0 Å². The molecule has 16 heavy (non-hydrogen) atoms. The lowest BCUT2D eigenvalue weighted by atomic mass is 10.2. The summed E-state index contributed by atoms with van der Waals surface area (Å²) in [5, 5.41) is 2.81. The Kier molecular flexibility index (Phi) is 5.29. The van der Waals surface area contributed by atoms with E-state index >= 15 is 0 Å². The summed E-state index contributed by atoms with van der Waals surface area (Å²) < 4.78 is 0. The number of hydrogen-bond donors (Lipinski definition) is 1. The molecule has 0 heterocycles. The van der Waals surface area contributed by atoms with Gasteiger partial charge in [0.2, 0.25) is 11.8 Å². The van der Waals surface area contributed by atoms with Crippen molar-refractivity contribution in [3.05, 3.63) is 0 Å². The maximum Gasteiger partial charge on any atom is 0.239 e. The lowest BCUT2D eigenvalue weighted by Crippen LogP contribution is -2.44. The zero-order valence-electron chi connectivity index (χ0n) is 10.3. The van der Waals surface area contributed by atoms with E-state index < -0.39 is 0 Å². The summed E-state index contributed by atoms with van der Waals surface area (Å²) in [5.41, 5.74) is 0. The van der Waals surface area contributed by atoms with Gasteiger partial charge in [-0.2, -0.15) is 0 Å². The predicted octanol–water partition coefficient (Wildman–Crippen LogP) is 1.30. The largest absolute Gasteiger partial charge is 0.355 e. The van der Waals surface area contributed by atoms with E-state index in [1.54, 1.807) is 11.8 Å². The van der Waals surface area contributed by atoms with Gasteiger partial charge in [-0.05, 0) is 19.3 Å². The van der Waals surface area contributed by atoms with Crippen molar-refractivity contribution in [2.75, 3.05) is 13.1 Å². The van der Waals surface area contributed by atoms with Gasteiger partial charge in [-0.3, -0.25) is 9.59 Å². The molecule has 1 N–H and O–H groups in total. The Hall–Kier alpha value is -1.06. The molecule has 0 spiro atoms. The molecule has 1 aliphatic carbocycles. The van der Waals surface area contributed by atoms with Gasteiger partial charge in [0.25, 0.3) is 0 Å². The fourth-order valence-corrected chi connectivity index (χ4v) is 2.19. The number of nitrogens with zero attached hydrogens (tertiary/aromatic N) is 1. The Morgan fingerprint density at radius 1 is 1.31 bits per heavy atom. The molecular weight excluding hydrogens is 204 g/mol. The summed E-state index contributed by atoms with van der Waals surface area (Å²) in [5.74, 6) is -0.0255. The van der Waals surface area contributed by atoms with E-state index in [1.807, 2.05) is 6.92 Å². The van der Waals surface area contributed by atoms with Crippen molar-refractivity contribution in [3.63, 3.8) is 0 Å². The average Bonchev–Trinajstić information content (AvgIpc) is 2.75. The summed E-state index contributed by atoms with van der Waals surface area (Å²) in [6.45, 7) is 4.47. The molecule has 0 atom stereocenters. The fourth-order valence-electron chi connectivity index (χ4n) is 2.19. The topological polar surface area (TPSA) is 49.4 Å². The number of amides is 2. The number of carbonyl (C=O) groups is 2. The van der Waals surface area contributed by atoms with Gasteiger partial charge in [0.1, 0.15) is 0 Å². The molecule has 0 radical (unpaired) electrons. The standard InChI is InChI=1S/C12H22N2O2/c1-3-8-13-12(16)9-14(10(2)15)11-6-4-5-7-11/h11H,3-9H2,1-2H3,(H,13,16). The van der Waals surface area contributed by atoms with E-state index in [0.29, 0.717) is 6.54 Å². The third-order valence-electron chi connectivity index (χ3n) is 3.06. The second kappa shape index (κ2) is 6.51. The number of rotatable bonds is 5. The van der Waals surface area contributed by atoms with Crippen LogP contribution in [0.1, 0.15) is 46.0 Å². The number of hydrogen-bond acceptors (Lipinski definition) is 2. The lowest BCUT2D eigenvalue weighted by Gasteiger charge is -2.27. The second-order valence-electron chi connectivity index (χ2n) is 4.44. The van der Waals surface area contributed by atoms with Crippen LogP contribution in [0.5, 0.6) is 0 Å². The molecule has 1 saturated carbocycles. The molecular formula is C12H22N2O2. The normalized spacial score (nSPS) is 16.1. The highest BCUT2D eigenvalue weighted by atomic mass is 16.2. The molecule has 0 aliphatic heterocycles. The lowest BCUT2D eigenvalue weighted by molar-refractivity contribution is -0.136. The molecule has 0 saturated heterocycles. The summed E-state index contributed by atoms with van der Waals surface area (Å²) in [6, 6.07) is 0.282. The van der Waals surface area contributed by atoms with Crippen LogP contribution in [0.3, 0.4) is 0 Å². The first-order valence-corrected chi connectivity index (χ1v) is 6.19. The molecule has 2 amide bonds. The van der Waals surface area contributed by atoms with Crippen LogP contribution >= 0.6 is 0 Å². The minimum Gasteiger partial charge on any atom is -0.355 e. The molecule has 4 heteroatoms. The summed E-state index contributed by atoms with van der Waals surface area (Å²) in [6.07, 6.45) is 5.35. The van der Waals surface area contributed by atoms with Gasteiger partial charge in [0, 0.05) is 19.5 Å². The SMILES string of the molecule is CCCNC(=O)CN(C(C)=O)C1CCCC1.